The molecule has 1 aliphatic heterocycles. The third kappa shape index (κ3) is 2.11. The van der Waals surface area contributed by atoms with E-state index in [2.05, 4.69) is 12.2 Å². The van der Waals surface area contributed by atoms with Gasteiger partial charge in [0.2, 0.25) is 0 Å². The van der Waals surface area contributed by atoms with Gasteiger partial charge in [0.1, 0.15) is 0 Å². The molecule has 1 aromatic carbocycles. The first-order chi connectivity index (χ1) is 9.58. The molecule has 1 aliphatic carbocycles. The van der Waals surface area contributed by atoms with Gasteiger partial charge in [-0.25, -0.2) is 13.2 Å². The fourth-order valence-corrected chi connectivity index (χ4v) is 3.04. The second-order valence-electron chi connectivity index (χ2n) is 5.40. The molecule has 1 saturated heterocycles. The number of halogens is 3. The van der Waals surface area contributed by atoms with Gasteiger partial charge in [-0.05, 0) is 36.8 Å². The molecule has 3 rings (SSSR count). The smallest absolute Gasteiger partial charge is 0.256 e. The van der Waals surface area contributed by atoms with Gasteiger partial charge in [0, 0.05) is 13.1 Å². The Hall–Kier alpha value is -1.78. The molecule has 2 unspecified atom stereocenters. The number of likely N-dealkylation sites (tertiary alicyclic amines) is 1. The van der Waals surface area contributed by atoms with E-state index < -0.39 is 28.9 Å². The van der Waals surface area contributed by atoms with Gasteiger partial charge in [0.25, 0.3) is 5.91 Å². The van der Waals surface area contributed by atoms with Crippen LogP contribution in [0.4, 0.5) is 13.2 Å². The summed E-state index contributed by atoms with van der Waals surface area (Å²) in [6, 6.07) is 1.80. The Labute approximate surface area is 114 Å². The predicted octanol–water partition coefficient (Wildman–Crippen LogP) is 3.14. The second-order valence-corrected chi connectivity index (χ2v) is 5.40. The summed E-state index contributed by atoms with van der Waals surface area (Å²) < 4.78 is 39.8. The maximum atomic E-state index is 13.7. The highest BCUT2D eigenvalue weighted by molar-refractivity contribution is 5.94. The lowest BCUT2D eigenvalue weighted by Gasteiger charge is -2.17. The SMILES string of the molecule is O=C(c1ccc(F)c(F)c1F)N1CC2CC=CCC2C1. The summed E-state index contributed by atoms with van der Waals surface area (Å²) in [5.74, 6) is -4.05. The number of fused-ring (bicyclic) bond motifs is 1. The Morgan fingerprint density at radius 3 is 2.20 bits per heavy atom. The van der Waals surface area contributed by atoms with Crippen molar-refractivity contribution in [3.05, 3.63) is 47.3 Å². The topological polar surface area (TPSA) is 20.3 Å². The summed E-state index contributed by atoms with van der Waals surface area (Å²) in [7, 11) is 0. The van der Waals surface area contributed by atoms with Gasteiger partial charge in [-0.3, -0.25) is 4.79 Å². The zero-order valence-electron chi connectivity index (χ0n) is 10.8. The van der Waals surface area contributed by atoms with Gasteiger partial charge in [-0.15, -0.1) is 0 Å². The summed E-state index contributed by atoms with van der Waals surface area (Å²) in [5.41, 5.74) is -0.393. The lowest BCUT2D eigenvalue weighted by molar-refractivity contribution is 0.0778. The van der Waals surface area contributed by atoms with E-state index >= 15 is 0 Å². The van der Waals surface area contributed by atoms with Crippen molar-refractivity contribution in [2.45, 2.75) is 12.8 Å². The van der Waals surface area contributed by atoms with Crippen LogP contribution in [-0.2, 0) is 0 Å². The predicted molar refractivity (Wildman–Crippen MR) is 67.6 cm³/mol. The lowest BCUT2D eigenvalue weighted by atomic mass is 9.86. The summed E-state index contributed by atoms with van der Waals surface area (Å²) >= 11 is 0. The first-order valence-corrected chi connectivity index (χ1v) is 6.65. The number of benzene rings is 1. The molecule has 0 spiro atoms. The minimum absolute atomic E-state index is 0.386. The Morgan fingerprint density at radius 2 is 1.60 bits per heavy atom. The highest BCUT2D eigenvalue weighted by Gasteiger charge is 2.36. The van der Waals surface area contributed by atoms with E-state index in [0.717, 1.165) is 25.0 Å². The molecule has 1 fully saturated rings. The average Bonchev–Trinajstić information content (AvgIpc) is 2.88. The van der Waals surface area contributed by atoms with E-state index in [4.69, 9.17) is 0 Å². The van der Waals surface area contributed by atoms with Crippen LogP contribution < -0.4 is 0 Å². The number of rotatable bonds is 1. The van der Waals surface area contributed by atoms with Crippen LogP contribution in [0.3, 0.4) is 0 Å². The van der Waals surface area contributed by atoms with Crippen molar-refractivity contribution in [2.24, 2.45) is 11.8 Å². The van der Waals surface area contributed by atoms with Gasteiger partial charge in [-0.1, -0.05) is 12.2 Å². The van der Waals surface area contributed by atoms with Crippen LogP contribution in [0.5, 0.6) is 0 Å². The Bertz CT molecular complexity index is 569. The number of allylic oxidation sites excluding steroid dienone is 2. The number of nitrogens with zero attached hydrogens (tertiary/aromatic N) is 1. The summed E-state index contributed by atoms with van der Waals surface area (Å²) in [6.45, 7) is 1.10. The van der Waals surface area contributed by atoms with E-state index in [-0.39, 0.29) is 0 Å². The minimum atomic E-state index is -1.59. The van der Waals surface area contributed by atoms with Crippen molar-refractivity contribution in [1.29, 1.82) is 0 Å². The van der Waals surface area contributed by atoms with Gasteiger partial charge >= 0.3 is 0 Å². The van der Waals surface area contributed by atoms with Crippen LogP contribution in [0.15, 0.2) is 24.3 Å². The van der Waals surface area contributed by atoms with Gasteiger partial charge < -0.3 is 4.90 Å². The van der Waals surface area contributed by atoms with Crippen molar-refractivity contribution in [3.63, 3.8) is 0 Å². The average molecular weight is 281 g/mol. The van der Waals surface area contributed by atoms with E-state index in [0.29, 0.717) is 24.9 Å². The van der Waals surface area contributed by atoms with Crippen molar-refractivity contribution in [3.8, 4) is 0 Å². The van der Waals surface area contributed by atoms with E-state index in [1.165, 1.54) is 4.90 Å². The number of carbonyl (C=O) groups excluding carboxylic acids is 1. The number of hydrogen-bond acceptors (Lipinski definition) is 1. The maximum Gasteiger partial charge on any atom is 0.256 e. The molecular weight excluding hydrogens is 267 g/mol. The standard InChI is InChI=1S/C15H14F3NO/c16-12-6-5-11(13(17)14(12)18)15(20)19-7-9-3-1-2-4-10(9)8-19/h1-2,5-6,9-10H,3-4,7-8H2. The molecule has 1 amide bonds. The quantitative estimate of drug-likeness (QED) is 0.572. The van der Waals surface area contributed by atoms with E-state index in [1.807, 2.05) is 0 Å². The number of amides is 1. The molecule has 1 heterocycles. The molecule has 0 radical (unpaired) electrons. The first-order valence-electron chi connectivity index (χ1n) is 6.65. The molecule has 2 nitrogen and oxygen atoms in total. The molecule has 0 saturated carbocycles. The summed E-state index contributed by atoms with van der Waals surface area (Å²) in [6.07, 6.45) is 6.00. The van der Waals surface area contributed by atoms with Gasteiger partial charge in [-0.2, -0.15) is 0 Å². The molecule has 5 heteroatoms. The normalized spacial score (nSPS) is 24.9. The van der Waals surface area contributed by atoms with Crippen molar-refractivity contribution >= 4 is 5.91 Å². The molecule has 0 aromatic heterocycles. The Morgan fingerprint density at radius 1 is 1.00 bits per heavy atom. The zero-order chi connectivity index (χ0) is 14.3. The molecular formula is C15H14F3NO. The van der Waals surface area contributed by atoms with Crippen LogP contribution >= 0.6 is 0 Å². The summed E-state index contributed by atoms with van der Waals surface area (Å²) in [4.78, 5) is 13.8. The third-order valence-electron chi connectivity index (χ3n) is 4.17. The van der Waals surface area contributed by atoms with Crippen LogP contribution in [0.25, 0.3) is 0 Å². The van der Waals surface area contributed by atoms with Gasteiger partial charge in [0.05, 0.1) is 5.56 Å². The highest BCUT2D eigenvalue weighted by Crippen LogP contribution is 2.33. The van der Waals surface area contributed by atoms with Crippen LogP contribution in [0.2, 0.25) is 0 Å². The maximum absolute atomic E-state index is 13.7. The molecule has 0 bridgehead atoms. The molecule has 2 aliphatic rings. The Kier molecular flexibility index (Phi) is 3.28. The van der Waals surface area contributed by atoms with Crippen LogP contribution in [0, 0.1) is 29.3 Å². The molecule has 106 valence electrons. The second kappa shape index (κ2) is 4.96. The van der Waals surface area contributed by atoms with Crippen molar-refractivity contribution in [1.82, 2.24) is 4.90 Å². The highest BCUT2D eigenvalue weighted by atomic mass is 19.2. The van der Waals surface area contributed by atoms with E-state index in [9.17, 15) is 18.0 Å². The third-order valence-corrected chi connectivity index (χ3v) is 4.17. The largest absolute Gasteiger partial charge is 0.338 e. The zero-order valence-corrected chi connectivity index (χ0v) is 10.8. The van der Waals surface area contributed by atoms with E-state index in [1.54, 1.807) is 0 Å². The summed E-state index contributed by atoms with van der Waals surface area (Å²) in [5, 5.41) is 0. The fourth-order valence-electron chi connectivity index (χ4n) is 3.04. The lowest BCUT2D eigenvalue weighted by Crippen LogP contribution is -2.30. The Balaban J connectivity index is 1.82. The minimum Gasteiger partial charge on any atom is -0.338 e. The monoisotopic (exact) mass is 281 g/mol. The fraction of sp³-hybridized carbons (Fsp3) is 0.400. The molecule has 20 heavy (non-hydrogen) atoms. The van der Waals surface area contributed by atoms with Crippen LogP contribution in [0.1, 0.15) is 23.2 Å². The van der Waals surface area contributed by atoms with Gasteiger partial charge in [0.15, 0.2) is 17.5 Å². The van der Waals surface area contributed by atoms with Crippen LogP contribution in [-0.4, -0.2) is 23.9 Å². The molecule has 0 N–H and O–H groups in total. The molecule has 2 atom stereocenters. The number of hydrogen-bond donors (Lipinski definition) is 0. The van der Waals surface area contributed by atoms with Crippen molar-refractivity contribution in [2.75, 3.05) is 13.1 Å². The first kappa shape index (κ1) is 13.2. The molecule has 1 aromatic rings. The van der Waals surface area contributed by atoms with Crippen molar-refractivity contribution < 1.29 is 18.0 Å². The number of carbonyl (C=O) groups is 1.